The SMILES string of the molecule is CC(C)(C)OCCOC(=O)NC(=N)c1cccnc1. The number of alkyl carbamates (subject to hydrolysis) is 1. The van der Waals surface area contributed by atoms with Gasteiger partial charge < -0.3 is 9.47 Å². The molecule has 0 aromatic carbocycles. The van der Waals surface area contributed by atoms with Crippen molar-refractivity contribution in [1.29, 1.82) is 5.41 Å². The van der Waals surface area contributed by atoms with Crippen LogP contribution in [0.3, 0.4) is 0 Å². The molecule has 0 bridgehead atoms. The molecule has 1 rings (SSSR count). The molecule has 0 radical (unpaired) electrons. The number of rotatable bonds is 4. The summed E-state index contributed by atoms with van der Waals surface area (Å²) in [6, 6.07) is 3.37. The molecular formula is C13H19N3O3. The lowest BCUT2D eigenvalue weighted by Crippen LogP contribution is -2.32. The minimum absolute atomic E-state index is 0.0464. The minimum Gasteiger partial charge on any atom is -0.447 e. The molecule has 1 amide bonds. The van der Waals surface area contributed by atoms with Gasteiger partial charge >= 0.3 is 6.09 Å². The molecule has 1 aromatic rings. The Labute approximate surface area is 112 Å². The van der Waals surface area contributed by atoms with E-state index in [1.807, 2.05) is 20.8 Å². The fourth-order valence-electron chi connectivity index (χ4n) is 1.20. The molecule has 1 aromatic heterocycles. The Morgan fingerprint density at radius 3 is 2.74 bits per heavy atom. The lowest BCUT2D eigenvalue weighted by molar-refractivity contribution is -0.0226. The van der Waals surface area contributed by atoms with Gasteiger partial charge in [0.05, 0.1) is 12.2 Å². The molecule has 0 aliphatic heterocycles. The van der Waals surface area contributed by atoms with E-state index >= 15 is 0 Å². The quantitative estimate of drug-likeness (QED) is 0.495. The third kappa shape index (κ3) is 6.52. The Bertz CT molecular complexity index is 427. The van der Waals surface area contributed by atoms with Crippen LogP contribution < -0.4 is 5.32 Å². The second kappa shape index (κ2) is 6.84. The zero-order chi connectivity index (χ0) is 14.3. The van der Waals surface area contributed by atoms with Crippen molar-refractivity contribution in [3.8, 4) is 0 Å². The van der Waals surface area contributed by atoms with Crippen molar-refractivity contribution in [3.63, 3.8) is 0 Å². The van der Waals surface area contributed by atoms with E-state index in [1.165, 1.54) is 6.20 Å². The molecule has 0 unspecified atom stereocenters. The number of ether oxygens (including phenoxy) is 2. The van der Waals surface area contributed by atoms with Gasteiger partial charge in [0, 0.05) is 18.0 Å². The summed E-state index contributed by atoms with van der Waals surface area (Å²) in [4.78, 5) is 15.3. The van der Waals surface area contributed by atoms with Gasteiger partial charge in [-0.1, -0.05) is 0 Å². The first-order valence-corrected chi connectivity index (χ1v) is 5.95. The Morgan fingerprint density at radius 2 is 2.16 bits per heavy atom. The molecule has 0 atom stereocenters. The van der Waals surface area contributed by atoms with Crippen LogP contribution in [0.25, 0.3) is 0 Å². The monoisotopic (exact) mass is 265 g/mol. The summed E-state index contributed by atoms with van der Waals surface area (Å²) in [6.07, 6.45) is 2.41. The van der Waals surface area contributed by atoms with Crippen LogP contribution in [0, 0.1) is 5.41 Å². The summed E-state index contributed by atoms with van der Waals surface area (Å²) in [5, 5.41) is 9.98. The highest BCUT2D eigenvalue weighted by Gasteiger charge is 2.11. The summed E-state index contributed by atoms with van der Waals surface area (Å²) in [7, 11) is 0. The third-order valence-electron chi connectivity index (χ3n) is 2.03. The molecular weight excluding hydrogens is 246 g/mol. The second-order valence-electron chi connectivity index (χ2n) is 4.84. The lowest BCUT2D eigenvalue weighted by atomic mass is 10.2. The summed E-state index contributed by atoms with van der Waals surface area (Å²) in [5.41, 5.74) is 0.257. The maximum absolute atomic E-state index is 11.4. The van der Waals surface area contributed by atoms with Crippen LogP contribution in [0.4, 0.5) is 4.79 Å². The Balaban J connectivity index is 2.27. The normalized spacial score (nSPS) is 10.9. The predicted octanol–water partition coefficient (Wildman–Crippen LogP) is 1.95. The number of carbonyl (C=O) groups is 1. The second-order valence-corrected chi connectivity index (χ2v) is 4.84. The Kier molecular flexibility index (Phi) is 5.44. The summed E-state index contributed by atoms with van der Waals surface area (Å²) in [5.74, 6) is -0.0464. The average Bonchev–Trinajstić information content (AvgIpc) is 2.34. The van der Waals surface area contributed by atoms with Crippen molar-refractivity contribution in [2.24, 2.45) is 0 Å². The number of nitrogens with zero attached hydrogens (tertiary/aromatic N) is 1. The first kappa shape index (κ1) is 15.1. The van der Waals surface area contributed by atoms with Gasteiger partial charge in [0.1, 0.15) is 12.4 Å². The van der Waals surface area contributed by atoms with Crippen molar-refractivity contribution < 1.29 is 14.3 Å². The molecule has 2 N–H and O–H groups in total. The lowest BCUT2D eigenvalue weighted by Gasteiger charge is -2.19. The number of hydrogen-bond donors (Lipinski definition) is 2. The Hall–Kier alpha value is -1.95. The van der Waals surface area contributed by atoms with Gasteiger partial charge in [-0.25, -0.2) is 4.79 Å². The summed E-state index contributed by atoms with van der Waals surface area (Å²) >= 11 is 0. The van der Waals surface area contributed by atoms with Crippen LogP contribution in [0.15, 0.2) is 24.5 Å². The van der Waals surface area contributed by atoms with E-state index in [0.717, 1.165) is 0 Å². The Morgan fingerprint density at radius 1 is 1.42 bits per heavy atom. The van der Waals surface area contributed by atoms with Crippen LogP contribution in [0.5, 0.6) is 0 Å². The molecule has 0 fully saturated rings. The van der Waals surface area contributed by atoms with E-state index in [1.54, 1.807) is 18.3 Å². The third-order valence-corrected chi connectivity index (χ3v) is 2.03. The molecule has 0 saturated carbocycles. The van der Waals surface area contributed by atoms with E-state index in [4.69, 9.17) is 14.9 Å². The van der Waals surface area contributed by atoms with Crippen molar-refractivity contribution in [1.82, 2.24) is 10.3 Å². The standard InChI is InChI=1S/C13H19N3O3/c1-13(2,3)19-8-7-18-12(17)16-11(14)10-5-4-6-15-9-10/h4-6,9H,7-8H2,1-3H3,(H2,14,16,17). The van der Waals surface area contributed by atoms with Gasteiger partial charge in [0.15, 0.2) is 0 Å². The van der Waals surface area contributed by atoms with E-state index in [-0.39, 0.29) is 18.0 Å². The zero-order valence-corrected chi connectivity index (χ0v) is 11.4. The fourth-order valence-corrected chi connectivity index (χ4v) is 1.20. The molecule has 104 valence electrons. The number of nitrogens with one attached hydrogen (secondary N) is 2. The van der Waals surface area contributed by atoms with Gasteiger partial charge in [0.25, 0.3) is 0 Å². The van der Waals surface area contributed by atoms with Crippen LogP contribution in [-0.4, -0.2) is 35.7 Å². The van der Waals surface area contributed by atoms with Gasteiger partial charge in [-0.2, -0.15) is 0 Å². The molecule has 19 heavy (non-hydrogen) atoms. The van der Waals surface area contributed by atoms with Crippen molar-refractivity contribution in [2.75, 3.05) is 13.2 Å². The van der Waals surface area contributed by atoms with Crippen molar-refractivity contribution >= 4 is 11.9 Å². The van der Waals surface area contributed by atoms with Crippen LogP contribution in [0.2, 0.25) is 0 Å². The average molecular weight is 265 g/mol. The summed E-state index contributed by atoms with van der Waals surface area (Å²) in [6.45, 7) is 6.22. The van der Waals surface area contributed by atoms with Gasteiger partial charge in [-0.3, -0.25) is 15.7 Å². The van der Waals surface area contributed by atoms with Crippen molar-refractivity contribution in [3.05, 3.63) is 30.1 Å². The first-order valence-electron chi connectivity index (χ1n) is 5.95. The van der Waals surface area contributed by atoms with E-state index in [0.29, 0.717) is 12.2 Å². The first-order chi connectivity index (χ1) is 8.88. The zero-order valence-electron chi connectivity index (χ0n) is 11.4. The molecule has 6 heteroatoms. The van der Waals surface area contributed by atoms with E-state index < -0.39 is 6.09 Å². The highest BCUT2D eigenvalue weighted by molar-refractivity contribution is 6.04. The van der Waals surface area contributed by atoms with E-state index in [2.05, 4.69) is 10.3 Å². The maximum atomic E-state index is 11.4. The number of carbonyl (C=O) groups excluding carboxylic acids is 1. The molecule has 6 nitrogen and oxygen atoms in total. The summed E-state index contributed by atoms with van der Waals surface area (Å²) < 4.78 is 10.3. The highest BCUT2D eigenvalue weighted by atomic mass is 16.6. The van der Waals surface area contributed by atoms with Crippen molar-refractivity contribution in [2.45, 2.75) is 26.4 Å². The highest BCUT2D eigenvalue weighted by Crippen LogP contribution is 2.05. The molecule has 1 heterocycles. The van der Waals surface area contributed by atoms with Gasteiger partial charge in [-0.05, 0) is 32.9 Å². The largest absolute Gasteiger partial charge is 0.447 e. The van der Waals surface area contributed by atoms with Crippen LogP contribution in [0.1, 0.15) is 26.3 Å². The topological polar surface area (TPSA) is 84.3 Å². The molecule has 0 aliphatic rings. The molecule has 0 aliphatic carbocycles. The number of pyridine rings is 1. The predicted molar refractivity (Wildman–Crippen MR) is 71.3 cm³/mol. The number of amidine groups is 1. The van der Waals surface area contributed by atoms with Gasteiger partial charge in [0.2, 0.25) is 0 Å². The van der Waals surface area contributed by atoms with Gasteiger partial charge in [-0.15, -0.1) is 0 Å². The molecule has 0 spiro atoms. The number of aromatic nitrogens is 1. The number of amides is 1. The number of hydrogen-bond acceptors (Lipinski definition) is 5. The maximum Gasteiger partial charge on any atom is 0.412 e. The van der Waals surface area contributed by atoms with Crippen LogP contribution >= 0.6 is 0 Å². The van der Waals surface area contributed by atoms with E-state index in [9.17, 15) is 4.79 Å². The molecule has 0 saturated heterocycles. The van der Waals surface area contributed by atoms with Crippen LogP contribution in [-0.2, 0) is 9.47 Å². The fraction of sp³-hybridized carbons (Fsp3) is 0.462. The minimum atomic E-state index is -0.675. The smallest absolute Gasteiger partial charge is 0.412 e.